The van der Waals surface area contributed by atoms with Crippen molar-refractivity contribution < 1.29 is 13.2 Å². The quantitative estimate of drug-likeness (QED) is 0.706. The molecule has 1 rings (SSSR count). The second kappa shape index (κ2) is 5.98. The zero-order valence-electron chi connectivity index (χ0n) is 10.5. The Kier molecular flexibility index (Phi) is 4.84. The molecule has 0 aromatic heterocycles. The van der Waals surface area contributed by atoms with E-state index in [-0.39, 0.29) is 10.9 Å². The van der Waals surface area contributed by atoms with Crippen LogP contribution < -0.4 is 15.8 Å². The van der Waals surface area contributed by atoms with E-state index in [1.807, 2.05) is 0 Å². The van der Waals surface area contributed by atoms with Gasteiger partial charge in [-0.05, 0) is 31.2 Å². The number of benzene rings is 1. The Bertz CT molecular complexity index is 582. The van der Waals surface area contributed by atoms with Gasteiger partial charge in [0.15, 0.2) is 0 Å². The largest absolute Gasteiger partial charge is 0.392 e. The van der Waals surface area contributed by atoms with Gasteiger partial charge in [-0.2, -0.15) is 0 Å². The van der Waals surface area contributed by atoms with E-state index in [1.54, 1.807) is 12.1 Å². The zero-order valence-corrected chi connectivity index (χ0v) is 12.1. The normalized spacial score (nSPS) is 12.5. The first-order chi connectivity index (χ1) is 8.72. The lowest BCUT2D eigenvalue weighted by molar-refractivity contribution is -0.114. The molecule has 6 nitrogen and oxygen atoms in total. The molecule has 0 fully saturated rings. The van der Waals surface area contributed by atoms with E-state index in [0.29, 0.717) is 11.4 Å². The SMILES string of the molecule is CC(=O)Nc1ccc(NS(=O)(=O)C(C)C(N)=S)cc1. The van der Waals surface area contributed by atoms with Crippen LogP contribution in [0.5, 0.6) is 0 Å². The standard InChI is InChI=1S/C11H15N3O3S2/c1-7(11(12)18)19(16,17)14-10-5-3-9(4-6-10)13-8(2)15/h3-7,14H,1-2H3,(H2,12,18)(H,13,15). The average Bonchev–Trinajstić information content (AvgIpc) is 2.29. The molecule has 4 N–H and O–H groups in total. The Hall–Kier alpha value is -1.67. The van der Waals surface area contributed by atoms with Crippen LogP contribution in [0.3, 0.4) is 0 Å². The Morgan fingerprint density at radius 1 is 1.26 bits per heavy atom. The molecule has 0 heterocycles. The topological polar surface area (TPSA) is 101 Å². The number of hydrogen-bond donors (Lipinski definition) is 3. The third-order valence-corrected chi connectivity index (χ3v) is 4.54. The molecule has 1 aromatic carbocycles. The molecule has 1 amide bonds. The summed E-state index contributed by atoms with van der Waals surface area (Å²) in [6, 6.07) is 6.25. The Labute approximate surface area is 117 Å². The molecule has 0 saturated heterocycles. The van der Waals surface area contributed by atoms with Crippen LogP contribution in [0.2, 0.25) is 0 Å². The lowest BCUT2D eigenvalue weighted by Crippen LogP contribution is -2.35. The summed E-state index contributed by atoms with van der Waals surface area (Å²) in [5, 5.41) is 1.62. The number of thiocarbonyl (C=S) groups is 1. The minimum absolute atomic E-state index is 0.0950. The van der Waals surface area contributed by atoms with Crippen LogP contribution in [-0.2, 0) is 14.8 Å². The lowest BCUT2D eigenvalue weighted by Gasteiger charge is -2.13. The summed E-state index contributed by atoms with van der Waals surface area (Å²) < 4.78 is 26.1. The first-order valence-corrected chi connectivity index (χ1v) is 7.36. The van der Waals surface area contributed by atoms with Gasteiger partial charge in [0, 0.05) is 18.3 Å². The molecule has 0 saturated carbocycles. The molecule has 19 heavy (non-hydrogen) atoms. The van der Waals surface area contributed by atoms with E-state index in [0.717, 1.165) is 0 Å². The molecule has 104 valence electrons. The average molecular weight is 301 g/mol. The highest BCUT2D eigenvalue weighted by atomic mass is 32.2. The molecule has 8 heteroatoms. The van der Waals surface area contributed by atoms with Gasteiger partial charge in [0.1, 0.15) is 5.25 Å². The minimum Gasteiger partial charge on any atom is -0.392 e. The number of hydrogen-bond acceptors (Lipinski definition) is 4. The minimum atomic E-state index is -3.65. The van der Waals surface area contributed by atoms with Crippen LogP contribution in [0.4, 0.5) is 11.4 Å². The van der Waals surface area contributed by atoms with Crippen molar-refractivity contribution in [2.75, 3.05) is 10.0 Å². The molecule has 0 radical (unpaired) electrons. The smallest absolute Gasteiger partial charge is 0.241 e. The number of nitrogens with two attached hydrogens (primary N) is 1. The number of rotatable bonds is 5. The first-order valence-electron chi connectivity index (χ1n) is 5.41. The highest BCUT2D eigenvalue weighted by Crippen LogP contribution is 2.16. The maximum absolute atomic E-state index is 11.9. The zero-order chi connectivity index (χ0) is 14.6. The van der Waals surface area contributed by atoms with Crippen molar-refractivity contribution in [3.63, 3.8) is 0 Å². The number of carbonyl (C=O) groups excluding carboxylic acids is 1. The Morgan fingerprint density at radius 2 is 1.74 bits per heavy atom. The molecular formula is C11H15N3O3S2. The first kappa shape index (κ1) is 15.4. The van der Waals surface area contributed by atoms with Gasteiger partial charge in [0.25, 0.3) is 0 Å². The van der Waals surface area contributed by atoms with Gasteiger partial charge < -0.3 is 11.1 Å². The van der Waals surface area contributed by atoms with Crippen molar-refractivity contribution in [1.82, 2.24) is 0 Å². The molecule has 1 aromatic rings. The van der Waals surface area contributed by atoms with Crippen molar-refractivity contribution in [3.8, 4) is 0 Å². The molecular weight excluding hydrogens is 286 g/mol. The third-order valence-electron chi connectivity index (χ3n) is 2.33. The Morgan fingerprint density at radius 3 is 2.16 bits per heavy atom. The van der Waals surface area contributed by atoms with E-state index in [4.69, 9.17) is 5.73 Å². The van der Waals surface area contributed by atoms with Crippen LogP contribution >= 0.6 is 12.2 Å². The summed E-state index contributed by atoms with van der Waals surface area (Å²) in [6.45, 7) is 2.80. The van der Waals surface area contributed by atoms with E-state index in [1.165, 1.54) is 26.0 Å². The highest BCUT2D eigenvalue weighted by Gasteiger charge is 2.23. The van der Waals surface area contributed by atoms with E-state index < -0.39 is 15.3 Å². The van der Waals surface area contributed by atoms with Crippen LogP contribution in [0.25, 0.3) is 0 Å². The molecule has 0 aliphatic heterocycles. The van der Waals surface area contributed by atoms with Crippen LogP contribution in [0.15, 0.2) is 24.3 Å². The van der Waals surface area contributed by atoms with Gasteiger partial charge in [0.2, 0.25) is 15.9 Å². The number of nitrogens with one attached hydrogen (secondary N) is 2. The summed E-state index contributed by atoms with van der Waals surface area (Å²) in [4.78, 5) is 10.7. The fraction of sp³-hybridized carbons (Fsp3) is 0.273. The predicted molar refractivity (Wildman–Crippen MR) is 79.5 cm³/mol. The monoisotopic (exact) mass is 301 g/mol. The van der Waals surface area contributed by atoms with Crippen LogP contribution in [0.1, 0.15) is 13.8 Å². The number of sulfonamides is 1. The Balaban J connectivity index is 2.83. The van der Waals surface area contributed by atoms with Gasteiger partial charge in [-0.15, -0.1) is 0 Å². The van der Waals surface area contributed by atoms with Crippen molar-refractivity contribution >= 4 is 44.5 Å². The molecule has 1 unspecified atom stereocenters. The van der Waals surface area contributed by atoms with Crippen molar-refractivity contribution in [2.45, 2.75) is 19.1 Å². The van der Waals surface area contributed by atoms with E-state index in [2.05, 4.69) is 22.3 Å². The van der Waals surface area contributed by atoms with Gasteiger partial charge in [-0.3, -0.25) is 9.52 Å². The summed E-state index contributed by atoms with van der Waals surface area (Å²) in [5.41, 5.74) is 6.27. The van der Waals surface area contributed by atoms with E-state index in [9.17, 15) is 13.2 Å². The third kappa shape index (κ3) is 4.49. The lowest BCUT2D eigenvalue weighted by atomic mass is 10.3. The second-order valence-electron chi connectivity index (χ2n) is 3.95. The number of amides is 1. The molecule has 1 atom stereocenters. The number of anilines is 2. The molecule has 0 aliphatic carbocycles. The van der Waals surface area contributed by atoms with Crippen LogP contribution in [-0.4, -0.2) is 24.6 Å². The summed E-state index contributed by atoms with van der Waals surface area (Å²) in [6.07, 6.45) is 0. The fourth-order valence-corrected chi connectivity index (χ4v) is 2.56. The molecule has 0 bridgehead atoms. The maximum Gasteiger partial charge on any atom is 0.241 e. The molecule has 0 aliphatic rings. The van der Waals surface area contributed by atoms with Crippen molar-refractivity contribution in [2.24, 2.45) is 5.73 Å². The van der Waals surface area contributed by atoms with Gasteiger partial charge >= 0.3 is 0 Å². The molecule has 0 spiro atoms. The van der Waals surface area contributed by atoms with Gasteiger partial charge in [-0.25, -0.2) is 8.42 Å². The van der Waals surface area contributed by atoms with Gasteiger partial charge in [-0.1, -0.05) is 12.2 Å². The maximum atomic E-state index is 11.9. The second-order valence-corrected chi connectivity index (χ2v) is 6.42. The van der Waals surface area contributed by atoms with Crippen LogP contribution in [0, 0.1) is 0 Å². The highest BCUT2D eigenvalue weighted by molar-refractivity contribution is 7.95. The van der Waals surface area contributed by atoms with E-state index >= 15 is 0 Å². The predicted octanol–water partition coefficient (Wildman–Crippen LogP) is 1.06. The van der Waals surface area contributed by atoms with Crippen molar-refractivity contribution in [3.05, 3.63) is 24.3 Å². The fourth-order valence-electron chi connectivity index (χ4n) is 1.23. The summed E-state index contributed by atoms with van der Waals surface area (Å²) >= 11 is 4.66. The van der Waals surface area contributed by atoms with Crippen molar-refractivity contribution in [1.29, 1.82) is 0 Å². The summed E-state index contributed by atoms with van der Waals surface area (Å²) in [5.74, 6) is -0.199. The summed E-state index contributed by atoms with van der Waals surface area (Å²) in [7, 11) is -3.65. The van der Waals surface area contributed by atoms with Gasteiger partial charge in [0.05, 0.1) is 4.99 Å². The number of carbonyl (C=O) groups is 1.